The molecule has 0 radical (unpaired) electrons. The van der Waals surface area contributed by atoms with Crippen LogP contribution in [-0.2, 0) is 16.0 Å². The zero-order valence-electron chi connectivity index (χ0n) is 15.6. The van der Waals surface area contributed by atoms with Gasteiger partial charge in [-0.3, -0.25) is 9.59 Å². The first-order valence-corrected chi connectivity index (χ1v) is 9.64. The van der Waals surface area contributed by atoms with Gasteiger partial charge in [-0.1, -0.05) is 47.5 Å². The van der Waals surface area contributed by atoms with E-state index in [1.54, 1.807) is 42.5 Å². The van der Waals surface area contributed by atoms with Gasteiger partial charge in [0.2, 0.25) is 11.8 Å². The van der Waals surface area contributed by atoms with E-state index in [1.807, 2.05) is 24.3 Å². The van der Waals surface area contributed by atoms with Crippen molar-refractivity contribution >= 4 is 57.8 Å². The van der Waals surface area contributed by atoms with Crippen molar-refractivity contribution in [1.82, 2.24) is 0 Å². The standard InChI is InChI=1S/C22H19Cl2N3O2/c1-14(28)25-16-9-11-17(12-10-16)26-21(29)13-15-5-2-3-8-20(15)27-22-18(23)6-4-7-19(22)24/h2-12,27H,13H2,1H3,(H,25,28)(H,26,29). The van der Waals surface area contributed by atoms with Crippen LogP contribution in [0.2, 0.25) is 10.0 Å². The SMILES string of the molecule is CC(=O)Nc1ccc(NC(=O)Cc2ccccc2Nc2c(Cl)cccc2Cl)cc1. The molecule has 0 aliphatic rings. The number of carbonyl (C=O) groups is 2. The second kappa shape index (κ2) is 9.45. The van der Waals surface area contributed by atoms with Crippen molar-refractivity contribution < 1.29 is 9.59 Å². The lowest BCUT2D eigenvalue weighted by atomic mass is 10.1. The Morgan fingerprint density at radius 1 is 0.793 bits per heavy atom. The molecule has 3 aromatic rings. The summed E-state index contributed by atoms with van der Waals surface area (Å²) in [5.41, 5.74) is 3.46. The molecule has 0 heterocycles. The minimum Gasteiger partial charge on any atom is -0.353 e. The topological polar surface area (TPSA) is 70.2 Å². The number of benzene rings is 3. The molecule has 0 saturated carbocycles. The molecule has 3 rings (SSSR count). The maximum atomic E-state index is 12.5. The molecule has 3 aromatic carbocycles. The zero-order valence-corrected chi connectivity index (χ0v) is 17.1. The number of anilines is 4. The second-order valence-electron chi connectivity index (χ2n) is 6.36. The third-order valence-corrected chi connectivity index (χ3v) is 4.71. The van der Waals surface area contributed by atoms with Gasteiger partial charge in [0, 0.05) is 24.0 Å². The molecule has 148 valence electrons. The van der Waals surface area contributed by atoms with Crippen LogP contribution in [0.1, 0.15) is 12.5 Å². The molecule has 0 saturated heterocycles. The van der Waals surface area contributed by atoms with Crippen LogP contribution in [0.15, 0.2) is 66.7 Å². The summed E-state index contributed by atoms with van der Waals surface area (Å²) in [4.78, 5) is 23.6. The maximum absolute atomic E-state index is 12.5. The number of hydrogen-bond acceptors (Lipinski definition) is 3. The predicted octanol–water partition coefficient (Wildman–Crippen LogP) is 5.88. The van der Waals surface area contributed by atoms with Gasteiger partial charge >= 0.3 is 0 Å². The highest BCUT2D eigenvalue weighted by atomic mass is 35.5. The molecule has 29 heavy (non-hydrogen) atoms. The molecule has 0 aromatic heterocycles. The summed E-state index contributed by atoms with van der Waals surface area (Å²) in [6, 6.07) is 19.7. The third kappa shape index (κ3) is 5.73. The molecular formula is C22H19Cl2N3O2. The van der Waals surface area contributed by atoms with E-state index in [4.69, 9.17) is 23.2 Å². The number of nitrogens with one attached hydrogen (secondary N) is 3. The fourth-order valence-electron chi connectivity index (χ4n) is 2.77. The molecule has 3 N–H and O–H groups in total. The van der Waals surface area contributed by atoms with E-state index in [-0.39, 0.29) is 18.2 Å². The molecule has 0 atom stereocenters. The highest BCUT2D eigenvalue weighted by molar-refractivity contribution is 6.39. The predicted molar refractivity (Wildman–Crippen MR) is 119 cm³/mol. The molecule has 5 nitrogen and oxygen atoms in total. The lowest BCUT2D eigenvalue weighted by Crippen LogP contribution is -2.15. The molecule has 0 aliphatic carbocycles. The Morgan fingerprint density at radius 2 is 1.38 bits per heavy atom. The molecule has 0 bridgehead atoms. The summed E-state index contributed by atoms with van der Waals surface area (Å²) >= 11 is 12.5. The summed E-state index contributed by atoms with van der Waals surface area (Å²) in [6.07, 6.45) is 0.165. The van der Waals surface area contributed by atoms with Gasteiger partial charge in [0.15, 0.2) is 0 Å². The number of amides is 2. The Kier molecular flexibility index (Phi) is 6.75. The van der Waals surface area contributed by atoms with Crippen molar-refractivity contribution in [2.45, 2.75) is 13.3 Å². The van der Waals surface area contributed by atoms with Gasteiger partial charge in [0.05, 0.1) is 22.2 Å². The van der Waals surface area contributed by atoms with Gasteiger partial charge in [-0.25, -0.2) is 0 Å². The lowest BCUT2D eigenvalue weighted by Gasteiger charge is -2.14. The van der Waals surface area contributed by atoms with E-state index < -0.39 is 0 Å². The van der Waals surface area contributed by atoms with Crippen molar-refractivity contribution in [3.63, 3.8) is 0 Å². The van der Waals surface area contributed by atoms with E-state index in [0.717, 1.165) is 11.3 Å². The first kappa shape index (κ1) is 20.7. The quantitative estimate of drug-likeness (QED) is 0.460. The van der Waals surface area contributed by atoms with Crippen LogP contribution in [-0.4, -0.2) is 11.8 Å². The molecule has 0 fully saturated rings. The van der Waals surface area contributed by atoms with Crippen molar-refractivity contribution in [1.29, 1.82) is 0 Å². The Labute approximate surface area is 179 Å². The number of halogens is 2. The third-order valence-electron chi connectivity index (χ3n) is 4.08. The highest BCUT2D eigenvalue weighted by Crippen LogP contribution is 2.33. The molecule has 2 amide bonds. The van der Waals surface area contributed by atoms with Crippen LogP contribution in [0.4, 0.5) is 22.7 Å². The van der Waals surface area contributed by atoms with Gasteiger partial charge < -0.3 is 16.0 Å². The number of para-hydroxylation sites is 2. The van der Waals surface area contributed by atoms with Crippen LogP contribution in [0.3, 0.4) is 0 Å². The number of rotatable bonds is 6. The van der Waals surface area contributed by atoms with Gasteiger partial charge in [0.1, 0.15) is 0 Å². The van der Waals surface area contributed by atoms with E-state index >= 15 is 0 Å². The molecule has 7 heteroatoms. The molecule has 0 aliphatic heterocycles. The van der Waals surface area contributed by atoms with E-state index in [1.165, 1.54) is 6.92 Å². The average molecular weight is 428 g/mol. The fourth-order valence-corrected chi connectivity index (χ4v) is 3.26. The summed E-state index contributed by atoms with van der Waals surface area (Å²) in [7, 11) is 0. The summed E-state index contributed by atoms with van der Waals surface area (Å²) in [6.45, 7) is 1.44. The number of carbonyl (C=O) groups excluding carboxylic acids is 2. The van der Waals surface area contributed by atoms with Crippen LogP contribution in [0.5, 0.6) is 0 Å². The normalized spacial score (nSPS) is 10.3. The molecule has 0 unspecified atom stereocenters. The largest absolute Gasteiger partial charge is 0.353 e. The lowest BCUT2D eigenvalue weighted by molar-refractivity contribution is -0.116. The van der Waals surface area contributed by atoms with Gasteiger partial charge in [-0.05, 0) is 48.0 Å². The molecule has 0 spiro atoms. The van der Waals surface area contributed by atoms with Crippen LogP contribution in [0.25, 0.3) is 0 Å². The summed E-state index contributed by atoms with van der Waals surface area (Å²) in [5, 5.41) is 9.75. The van der Waals surface area contributed by atoms with Gasteiger partial charge in [-0.15, -0.1) is 0 Å². The van der Waals surface area contributed by atoms with E-state index in [2.05, 4.69) is 16.0 Å². The van der Waals surface area contributed by atoms with Crippen LogP contribution < -0.4 is 16.0 Å². The first-order chi connectivity index (χ1) is 13.9. The maximum Gasteiger partial charge on any atom is 0.228 e. The van der Waals surface area contributed by atoms with Crippen LogP contribution >= 0.6 is 23.2 Å². The van der Waals surface area contributed by atoms with E-state index in [9.17, 15) is 9.59 Å². The van der Waals surface area contributed by atoms with Crippen LogP contribution in [0, 0.1) is 0 Å². The monoisotopic (exact) mass is 427 g/mol. The molecular weight excluding hydrogens is 409 g/mol. The second-order valence-corrected chi connectivity index (χ2v) is 7.18. The minimum atomic E-state index is -0.170. The Balaban J connectivity index is 1.70. The average Bonchev–Trinajstić information content (AvgIpc) is 2.67. The van der Waals surface area contributed by atoms with Crippen molar-refractivity contribution in [2.75, 3.05) is 16.0 Å². The summed E-state index contributed by atoms with van der Waals surface area (Å²) in [5.74, 6) is -0.318. The van der Waals surface area contributed by atoms with Gasteiger partial charge in [0.25, 0.3) is 0 Å². The number of hydrogen-bond donors (Lipinski definition) is 3. The van der Waals surface area contributed by atoms with Crippen molar-refractivity contribution in [2.24, 2.45) is 0 Å². The first-order valence-electron chi connectivity index (χ1n) is 8.89. The smallest absolute Gasteiger partial charge is 0.228 e. The highest BCUT2D eigenvalue weighted by Gasteiger charge is 2.11. The van der Waals surface area contributed by atoms with E-state index in [0.29, 0.717) is 27.1 Å². The van der Waals surface area contributed by atoms with Gasteiger partial charge in [-0.2, -0.15) is 0 Å². The Morgan fingerprint density at radius 3 is 2.00 bits per heavy atom. The minimum absolute atomic E-state index is 0.149. The summed E-state index contributed by atoms with van der Waals surface area (Å²) < 4.78 is 0. The van der Waals surface area contributed by atoms with Crippen molar-refractivity contribution in [3.05, 3.63) is 82.3 Å². The van der Waals surface area contributed by atoms with Crippen molar-refractivity contribution in [3.8, 4) is 0 Å². The zero-order chi connectivity index (χ0) is 20.8. The Bertz CT molecular complexity index is 1020. The Hall–Kier alpha value is -3.02. The fraction of sp³-hybridized carbons (Fsp3) is 0.0909.